The van der Waals surface area contributed by atoms with Crippen LogP contribution in [0, 0.1) is 5.82 Å². The first kappa shape index (κ1) is 11.6. The van der Waals surface area contributed by atoms with Crippen molar-refractivity contribution in [2.75, 3.05) is 19.6 Å². The Labute approximate surface area is 96.2 Å². The van der Waals surface area contributed by atoms with Gasteiger partial charge in [-0.2, -0.15) is 0 Å². The van der Waals surface area contributed by atoms with Crippen LogP contribution in [-0.4, -0.2) is 19.6 Å². The highest BCUT2D eigenvalue weighted by molar-refractivity contribution is 5.18. The lowest BCUT2D eigenvalue weighted by atomic mass is 10.0. The van der Waals surface area contributed by atoms with Gasteiger partial charge < -0.3 is 10.6 Å². The molecule has 0 unspecified atom stereocenters. The van der Waals surface area contributed by atoms with Gasteiger partial charge in [0.15, 0.2) is 6.04 Å². The summed E-state index contributed by atoms with van der Waals surface area (Å²) in [6, 6.07) is 7.38. The van der Waals surface area contributed by atoms with Crippen molar-refractivity contribution in [2.45, 2.75) is 25.3 Å². The third kappa shape index (κ3) is 2.60. The number of piperidine rings is 1. The van der Waals surface area contributed by atoms with Gasteiger partial charge in [-0.25, -0.2) is 4.39 Å². The maximum atomic E-state index is 12.9. The zero-order valence-electron chi connectivity index (χ0n) is 9.71. The van der Waals surface area contributed by atoms with Gasteiger partial charge in [0, 0.05) is 5.56 Å². The lowest BCUT2D eigenvalue weighted by Gasteiger charge is -2.29. The molecule has 2 rings (SSSR count). The quantitative estimate of drug-likeness (QED) is 0.734. The van der Waals surface area contributed by atoms with Crippen LogP contribution in [0.1, 0.15) is 30.9 Å². The van der Waals surface area contributed by atoms with Crippen LogP contribution < -0.4 is 10.6 Å². The summed E-state index contributed by atoms with van der Waals surface area (Å²) in [5.74, 6) is -0.153. The van der Waals surface area contributed by atoms with Crippen LogP contribution in [0.25, 0.3) is 0 Å². The molecule has 88 valence electrons. The van der Waals surface area contributed by atoms with Gasteiger partial charge in [0.05, 0.1) is 13.1 Å². The summed E-state index contributed by atoms with van der Waals surface area (Å²) in [4.78, 5) is 1.62. The fraction of sp³-hybridized carbons (Fsp3) is 0.538. The highest BCUT2D eigenvalue weighted by Crippen LogP contribution is 2.10. The van der Waals surface area contributed by atoms with E-state index in [1.54, 1.807) is 17.0 Å². The Morgan fingerprint density at radius 2 is 1.75 bits per heavy atom. The van der Waals surface area contributed by atoms with Crippen LogP contribution in [-0.2, 0) is 0 Å². The number of nitrogens with one attached hydrogen (secondary N) is 1. The van der Waals surface area contributed by atoms with Crippen LogP contribution in [0.2, 0.25) is 0 Å². The monoisotopic (exact) mass is 224 g/mol. The van der Waals surface area contributed by atoms with Gasteiger partial charge in [-0.3, -0.25) is 0 Å². The molecule has 4 N–H and O–H groups in total. The maximum Gasteiger partial charge on any atom is 0.162 e. The van der Waals surface area contributed by atoms with E-state index in [0.29, 0.717) is 6.04 Å². The van der Waals surface area contributed by atoms with Crippen molar-refractivity contribution in [1.82, 2.24) is 0 Å². The van der Waals surface area contributed by atoms with E-state index in [1.807, 2.05) is 12.1 Å². The van der Waals surface area contributed by atoms with Gasteiger partial charge in [0.1, 0.15) is 12.4 Å². The molecule has 1 aromatic carbocycles. The summed E-state index contributed by atoms with van der Waals surface area (Å²) < 4.78 is 12.9. The molecule has 1 aliphatic rings. The fourth-order valence-electron chi connectivity index (χ4n) is 2.66. The van der Waals surface area contributed by atoms with Crippen molar-refractivity contribution in [3.63, 3.8) is 0 Å². The number of halogens is 1. The highest BCUT2D eigenvalue weighted by atomic mass is 19.1. The second-order valence-electron chi connectivity index (χ2n) is 4.61. The predicted octanol–water partition coefficient (Wildman–Crippen LogP) is 0.177. The van der Waals surface area contributed by atoms with E-state index in [4.69, 9.17) is 0 Å². The maximum absolute atomic E-state index is 12.9. The van der Waals surface area contributed by atoms with Crippen molar-refractivity contribution in [3.05, 3.63) is 35.6 Å². The zero-order valence-corrected chi connectivity index (χ0v) is 9.71. The van der Waals surface area contributed by atoms with E-state index < -0.39 is 0 Å². The molecular weight excluding hydrogens is 203 g/mol. The Balaban J connectivity index is 2.11. The number of likely N-dealkylation sites (tertiary alicyclic amines) is 1. The first-order chi connectivity index (χ1) is 7.81. The number of quaternary nitrogens is 2. The van der Waals surface area contributed by atoms with E-state index in [1.165, 1.54) is 37.9 Å². The van der Waals surface area contributed by atoms with E-state index in [-0.39, 0.29) is 5.82 Å². The lowest BCUT2D eigenvalue weighted by Crippen LogP contribution is -3.14. The second-order valence-corrected chi connectivity index (χ2v) is 4.61. The standard InChI is InChI=1S/C13H19FN2/c14-12-6-4-11(5-7-12)13(10-15)16-8-2-1-3-9-16/h4-7,13H,1-3,8-10,15H2/p+2/t13-/m1/s1. The summed E-state index contributed by atoms with van der Waals surface area (Å²) in [5.41, 5.74) is 5.28. The molecule has 16 heavy (non-hydrogen) atoms. The summed E-state index contributed by atoms with van der Waals surface area (Å²) in [5, 5.41) is 0. The van der Waals surface area contributed by atoms with E-state index >= 15 is 0 Å². The van der Waals surface area contributed by atoms with Gasteiger partial charge in [-0.1, -0.05) is 0 Å². The first-order valence-corrected chi connectivity index (χ1v) is 6.20. The molecule has 1 aromatic rings. The smallest absolute Gasteiger partial charge is 0.162 e. The molecule has 3 heteroatoms. The Hall–Kier alpha value is -0.930. The number of rotatable bonds is 3. The molecule has 0 amide bonds. The van der Waals surface area contributed by atoms with Crippen LogP contribution in [0.4, 0.5) is 4.39 Å². The molecule has 1 atom stereocenters. The predicted molar refractivity (Wildman–Crippen MR) is 61.4 cm³/mol. The zero-order chi connectivity index (χ0) is 11.4. The Kier molecular flexibility index (Phi) is 3.91. The molecule has 0 bridgehead atoms. The molecule has 1 fully saturated rings. The van der Waals surface area contributed by atoms with Crippen LogP contribution in [0.5, 0.6) is 0 Å². The van der Waals surface area contributed by atoms with E-state index in [9.17, 15) is 4.39 Å². The van der Waals surface area contributed by atoms with Gasteiger partial charge in [-0.05, 0) is 43.5 Å². The SMILES string of the molecule is [NH3+]C[C@H](c1ccc(F)cc1)[NH+]1CCCCC1. The minimum atomic E-state index is -0.153. The lowest BCUT2D eigenvalue weighted by molar-refractivity contribution is -0.942. The summed E-state index contributed by atoms with van der Waals surface area (Å²) in [6.07, 6.45) is 3.98. The van der Waals surface area contributed by atoms with Crippen molar-refractivity contribution in [3.8, 4) is 0 Å². The molecule has 1 aliphatic heterocycles. The molecule has 1 heterocycles. The van der Waals surface area contributed by atoms with Crippen molar-refractivity contribution in [1.29, 1.82) is 0 Å². The van der Waals surface area contributed by atoms with Gasteiger partial charge in [0.25, 0.3) is 0 Å². The van der Waals surface area contributed by atoms with Gasteiger partial charge >= 0.3 is 0 Å². The molecule has 0 aliphatic carbocycles. The topological polar surface area (TPSA) is 32.1 Å². The minimum Gasteiger partial charge on any atom is -0.352 e. The van der Waals surface area contributed by atoms with Crippen molar-refractivity contribution in [2.24, 2.45) is 0 Å². The normalized spacial score (nSPS) is 19.6. The van der Waals surface area contributed by atoms with Crippen molar-refractivity contribution < 1.29 is 15.0 Å². The molecule has 0 spiro atoms. The summed E-state index contributed by atoms with van der Waals surface area (Å²) in [7, 11) is 0. The van der Waals surface area contributed by atoms with E-state index in [2.05, 4.69) is 5.73 Å². The summed E-state index contributed by atoms with van der Waals surface area (Å²) in [6.45, 7) is 3.36. The number of hydrogen-bond acceptors (Lipinski definition) is 0. The number of benzene rings is 1. The molecule has 0 aromatic heterocycles. The summed E-state index contributed by atoms with van der Waals surface area (Å²) >= 11 is 0. The second kappa shape index (κ2) is 5.41. The van der Waals surface area contributed by atoms with Gasteiger partial charge in [0.2, 0.25) is 0 Å². The Morgan fingerprint density at radius 3 is 2.31 bits per heavy atom. The molecular formula is C13H21FN2+2. The minimum absolute atomic E-state index is 0.153. The number of hydrogen-bond donors (Lipinski definition) is 2. The molecule has 0 radical (unpaired) electrons. The average Bonchev–Trinajstić information content (AvgIpc) is 2.34. The van der Waals surface area contributed by atoms with E-state index in [0.717, 1.165) is 6.54 Å². The van der Waals surface area contributed by atoms with Crippen LogP contribution in [0.15, 0.2) is 24.3 Å². The Morgan fingerprint density at radius 1 is 1.12 bits per heavy atom. The molecule has 1 saturated heterocycles. The van der Waals surface area contributed by atoms with Crippen LogP contribution in [0.3, 0.4) is 0 Å². The molecule has 2 nitrogen and oxygen atoms in total. The van der Waals surface area contributed by atoms with Crippen LogP contribution >= 0.6 is 0 Å². The highest BCUT2D eigenvalue weighted by Gasteiger charge is 2.26. The third-order valence-electron chi connectivity index (χ3n) is 3.55. The average molecular weight is 224 g/mol. The third-order valence-corrected chi connectivity index (χ3v) is 3.55. The first-order valence-electron chi connectivity index (χ1n) is 6.20. The largest absolute Gasteiger partial charge is 0.352 e. The molecule has 0 saturated carbocycles. The Bertz CT molecular complexity index is 317. The van der Waals surface area contributed by atoms with Crippen molar-refractivity contribution >= 4 is 0 Å². The fourth-order valence-corrected chi connectivity index (χ4v) is 2.66. The van der Waals surface area contributed by atoms with Gasteiger partial charge in [-0.15, -0.1) is 0 Å².